The van der Waals surface area contributed by atoms with Gasteiger partial charge in [-0.05, 0) is 19.8 Å². The molecule has 1 aromatic rings. The second-order valence-electron chi connectivity index (χ2n) is 4.54. The Morgan fingerprint density at radius 1 is 1.60 bits per heavy atom. The second kappa shape index (κ2) is 5.99. The molecular weight excluding hydrogens is 293 g/mol. The van der Waals surface area contributed by atoms with Crippen molar-refractivity contribution in [2.45, 2.75) is 25.9 Å². The molecular formula is C12H15F3N2O2S. The number of carbonyl (C=O) groups is 1. The van der Waals surface area contributed by atoms with Crippen LogP contribution in [0, 0.1) is 5.92 Å². The van der Waals surface area contributed by atoms with Gasteiger partial charge in [-0.3, -0.25) is 4.79 Å². The van der Waals surface area contributed by atoms with Crippen molar-refractivity contribution in [3.8, 4) is 0 Å². The molecule has 4 nitrogen and oxygen atoms in total. The Labute approximate surface area is 118 Å². The number of thiazole rings is 1. The van der Waals surface area contributed by atoms with Gasteiger partial charge in [0.05, 0.1) is 18.7 Å². The standard InChI is InChI=1S/C12H15F3N2O2S/c1-2-19-10(18)8-4-3-5-17(7-8)11-16-6-9(20-11)12(13,14)15/h6,8H,2-5,7H2,1H3. The van der Waals surface area contributed by atoms with Crippen LogP contribution in [0.25, 0.3) is 0 Å². The molecule has 20 heavy (non-hydrogen) atoms. The lowest BCUT2D eigenvalue weighted by molar-refractivity contribution is -0.148. The number of nitrogens with zero attached hydrogens (tertiary/aromatic N) is 2. The van der Waals surface area contributed by atoms with Crippen LogP contribution in [-0.4, -0.2) is 30.6 Å². The maximum absolute atomic E-state index is 12.6. The van der Waals surface area contributed by atoms with Gasteiger partial charge in [-0.25, -0.2) is 4.98 Å². The van der Waals surface area contributed by atoms with Crippen LogP contribution in [0.1, 0.15) is 24.6 Å². The van der Waals surface area contributed by atoms with Crippen molar-refractivity contribution in [3.63, 3.8) is 0 Å². The zero-order valence-electron chi connectivity index (χ0n) is 10.9. The highest BCUT2D eigenvalue weighted by molar-refractivity contribution is 7.15. The summed E-state index contributed by atoms with van der Waals surface area (Å²) < 4.78 is 42.6. The molecule has 112 valence electrons. The van der Waals surface area contributed by atoms with Gasteiger partial charge in [0.2, 0.25) is 0 Å². The number of carbonyl (C=O) groups excluding carboxylic acids is 1. The van der Waals surface area contributed by atoms with Crippen LogP contribution in [0.15, 0.2) is 6.20 Å². The second-order valence-corrected chi connectivity index (χ2v) is 5.55. The molecule has 1 atom stereocenters. The van der Waals surface area contributed by atoms with Crippen LogP contribution in [0.4, 0.5) is 18.3 Å². The molecule has 1 unspecified atom stereocenters. The van der Waals surface area contributed by atoms with E-state index < -0.39 is 11.1 Å². The van der Waals surface area contributed by atoms with E-state index in [1.54, 1.807) is 11.8 Å². The number of rotatable bonds is 3. The molecule has 0 saturated carbocycles. The molecule has 8 heteroatoms. The van der Waals surface area contributed by atoms with Crippen molar-refractivity contribution < 1.29 is 22.7 Å². The number of aromatic nitrogens is 1. The maximum Gasteiger partial charge on any atom is 0.427 e. The van der Waals surface area contributed by atoms with Crippen LogP contribution < -0.4 is 4.90 Å². The van der Waals surface area contributed by atoms with Crippen molar-refractivity contribution in [3.05, 3.63) is 11.1 Å². The van der Waals surface area contributed by atoms with Gasteiger partial charge in [0, 0.05) is 13.1 Å². The van der Waals surface area contributed by atoms with E-state index in [9.17, 15) is 18.0 Å². The zero-order valence-corrected chi connectivity index (χ0v) is 11.8. The molecule has 0 aliphatic carbocycles. The van der Waals surface area contributed by atoms with Gasteiger partial charge in [-0.15, -0.1) is 0 Å². The van der Waals surface area contributed by atoms with E-state index in [0.717, 1.165) is 12.6 Å². The molecule has 1 fully saturated rings. The van der Waals surface area contributed by atoms with E-state index >= 15 is 0 Å². The van der Waals surface area contributed by atoms with Gasteiger partial charge in [0.25, 0.3) is 0 Å². The first kappa shape index (κ1) is 15.1. The lowest BCUT2D eigenvalue weighted by atomic mass is 9.99. The average molecular weight is 308 g/mol. The van der Waals surface area contributed by atoms with E-state index in [1.165, 1.54) is 0 Å². The lowest BCUT2D eigenvalue weighted by Crippen LogP contribution is -2.39. The molecule has 0 amide bonds. The van der Waals surface area contributed by atoms with Gasteiger partial charge in [-0.2, -0.15) is 13.2 Å². The van der Waals surface area contributed by atoms with E-state index in [0.29, 0.717) is 42.6 Å². The predicted molar refractivity (Wildman–Crippen MR) is 68.7 cm³/mol. The van der Waals surface area contributed by atoms with E-state index in [-0.39, 0.29) is 11.9 Å². The third-order valence-corrected chi connectivity index (χ3v) is 4.19. The number of alkyl halides is 3. The summed E-state index contributed by atoms with van der Waals surface area (Å²) >= 11 is 0.611. The van der Waals surface area contributed by atoms with Crippen LogP contribution in [-0.2, 0) is 15.7 Å². The van der Waals surface area contributed by atoms with Crippen molar-refractivity contribution in [2.24, 2.45) is 5.92 Å². The van der Waals surface area contributed by atoms with Gasteiger partial charge >= 0.3 is 12.1 Å². The number of esters is 1. The fourth-order valence-electron chi connectivity index (χ4n) is 2.15. The Hall–Kier alpha value is -1.31. The van der Waals surface area contributed by atoms with E-state index in [1.807, 2.05) is 0 Å². The Balaban J connectivity index is 2.05. The fraction of sp³-hybridized carbons (Fsp3) is 0.667. The van der Waals surface area contributed by atoms with Crippen molar-refractivity contribution >= 4 is 22.4 Å². The number of piperidine rings is 1. The highest BCUT2D eigenvalue weighted by Gasteiger charge is 2.35. The number of anilines is 1. The normalized spacial score (nSPS) is 20.0. The first-order valence-corrected chi connectivity index (χ1v) is 7.18. The third-order valence-electron chi connectivity index (χ3n) is 3.08. The van der Waals surface area contributed by atoms with Crippen LogP contribution in [0.5, 0.6) is 0 Å². The van der Waals surface area contributed by atoms with Crippen molar-refractivity contribution in [1.29, 1.82) is 0 Å². The van der Waals surface area contributed by atoms with Gasteiger partial charge in [-0.1, -0.05) is 11.3 Å². The topological polar surface area (TPSA) is 42.4 Å². The molecule has 1 saturated heterocycles. The van der Waals surface area contributed by atoms with Crippen LogP contribution >= 0.6 is 11.3 Å². The average Bonchev–Trinajstić information content (AvgIpc) is 2.89. The number of halogens is 3. The van der Waals surface area contributed by atoms with Crippen molar-refractivity contribution in [2.75, 3.05) is 24.6 Å². The number of ether oxygens (including phenoxy) is 1. The first-order chi connectivity index (χ1) is 9.41. The smallest absolute Gasteiger partial charge is 0.427 e. The number of hydrogen-bond donors (Lipinski definition) is 0. The highest BCUT2D eigenvalue weighted by Crippen LogP contribution is 2.37. The largest absolute Gasteiger partial charge is 0.466 e. The van der Waals surface area contributed by atoms with E-state index in [2.05, 4.69) is 4.98 Å². The Morgan fingerprint density at radius 3 is 2.95 bits per heavy atom. The maximum atomic E-state index is 12.6. The fourth-order valence-corrected chi connectivity index (χ4v) is 2.96. The molecule has 0 radical (unpaired) electrons. The van der Waals surface area contributed by atoms with Crippen LogP contribution in [0.2, 0.25) is 0 Å². The Kier molecular flexibility index (Phi) is 4.52. The quantitative estimate of drug-likeness (QED) is 0.805. The highest BCUT2D eigenvalue weighted by atomic mass is 32.1. The molecule has 0 bridgehead atoms. The summed E-state index contributed by atoms with van der Waals surface area (Å²) in [7, 11) is 0. The van der Waals surface area contributed by atoms with Gasteiger partial charge in [0.15, 0.2) is 5.13 Å². The Bertz CT molecular complexity index is 476. The zero-order chi connectivity index (χ0) is 14.8. The molecule has 1 aliphatic heterocycles. The van der Waals surface area contributed by atoms with Crippen LogP contribution in [0.3, 0.4) is 0 Å². The van der Waals surface area contributed by atoms with Crippen molar-refractivity contribution in [1.82, 2.24) is 4.98 Å². The summed E-state index contributed by atoms with van der Waals surface area (Å²) in [5, 5.41) is 0.311. The summed E-state index contributed by atoms with van der Waals surface area (Å²) in [4.78, 5) is 16.5. The molecule has 0 spiro atoms. The molecule has 1 aromatic heterocycles. The first-order valence-electron chi connectivity index (χ1n) is 6.36. The molecule has 0 N–H and O–H groups in total. The minimum atomic E-state index is -4.37. The summed E-state index contributed by atoms with van der Waals surface area (Å²) in [6, 6.07) is 0. The predicted octanol–water partition coefficient (Wildman–Crippen LogP) is 2.94. The lowest BCUT2D eigenvalue weighted by Gasteiger charge is -2.31. The minimum Gasteiger partial charge on any atom is -0.466 e. The van der Waals surface area contributed by atoms with E-state index in [4.69, 9.17) is 4.74 Å². The Morgan fingerprint density at radius 2 is 2.35 bits per heavy atom. The summed E-state index contributed by atoms with van der Waals surface area (Å²) in [6.07, 6.45) is -2.09. The van der Waals surface area contributed by atoms with Gasteiger partial charge < -0.3 is 9.64 Å². The number of hydrogen-bond acceptors (Lipinski definition) is 5. The minimum absolute atomic E-state index is 0.287. The summed E-state index contributed by atoms with van der Waals surface area (Å²) in [5.74, 6) is -0.577. The third kappa shape index (κ3) is 3.41. The molecule has 2 rings (SSSR count). The SMILES string of the molecule is CCOC(=O)C1CCCN(c2ncc(C(F)(F)F)s2)C1. The monoisotopic (exact) mass is 308 g/mol. The summed E-state index contributed by atoms with van der Waals surface area (Å²) in [5.41, 5.74) is 0. The summed E-state index contributed by atoms with van der Waals surface area (Å²) in [6.45, 7) is 3.02. The molecule has 2 heterocycles. The van der Waals surface area contributed by atoms with Gasteiger partial charge in [0.1, 0.15) is 4.88 Å². The molecule has 0 aromatic carbocycles. The molecule has 1 aliphatic rings.